The number of hydrogen-bond acceptors (Lipinski definition) is 7. The first-order chi connectivity index (χ1) is 16.4. The smallest absolute Gasteiger partial charge is 0.271 e. The Kier molecular flexibility index (Phi) is 9.18. The largest absolute Gasteiger partial charge is 0.495 e. The Bertz CT molecular complexity index is 1200. The van der Waals surface area contributed by atoms with Crippen LogP contribution in [0.1, 0.15) is 24.5 Å². The minimum Gasteiger partial charge on any atom is -0.495 e. The van der Waals surface area contributed by atoms with Gasteiger partial charge in [-0.15, -0.1) is 0 Å². The Morgan fingerprint density at radius 3 is 2.37 bits per heavy atom. The Balaban J connectivity index is 2.57. The van der Waals surface area contributed by atoms with Gasteiger partial charge in [-0.05, 0) is 30.5 Å². The molecule has 0 bridgehead atoms. The third kappa shape index (κ3) is 6.69. The van der Waals surface area contributed by atoms with Crippen LogP contribution >= 0.6 is 0 Å². The van der Waals surface area contributed by atoms with E-state index in [1.807, 2.05) is 31.2 Å². The molecule has 2 aromatic carbocycles. The van der Waals surface area contributed by atoms with Gasteiger partial charge in [0.2, 0.25) is 21.8 Å². The first-order valence-corrected chi connectivity index (χ1v) is 12.6. The molecule has 0 saturated carbocycles. The Morgan fingerprint density at radius 1 is 1.20 bits per heavy atom. The number of nitro benzene ring substituents is 1. The van der Waals surface area contributed by atoms with Gasteiger partial charge in [0.1, 0.15) is 24.0 Å². The molecule has 0 heterocycles. The lowest BCUT2D eigenvalue weighted by atomic mass is 10.1. The lowest BCUT2D eigenvalue weighted by Gasteiger charge is -2.33. The topological polar surface area (TPSA) is 139 Å². The number of amides is 2. The molecule has 2 aromatic rings. The average Bonchev–Trinajstić information content (AvgIpc) is 2.81. The van der Waals surface area contributed by atoms with E-state index in [1.165, 1.54) is 31.2 Å². The number of nitrogens with one attached hydrogen (secondary N) is 1. The fourth-order valence-corrected chi connectivity index (χ4v) is 4.48. The summed E-state index contributed by atoms with van der Waals surface area (Å²) in [5.41, 5.74) is 1.18. The molecule has 0 aliphatic heterocycles. The molecule has 0 unspecified atom stereocenters. The van der Waals surface area contributed by atoms with Crippen molar-refractivity contribution in [1.29, 1.82) is 0 Å². The van der Waals surface area contributed by atoms with Gasteiger partial charge in [0.05, 0.1) is 18.3 Å². The predicted octanol–water partition coefficient (Wildman–Crippen LogP) is 2.23. The van der Waals surface area contributed by atoms with Gasteiger partial charge in [0, 0.05) is 25.7 Å². The molecule has 35 heavy (non-hydrogen) atoms. The number of anilines is 1. The van der Waals surface area contributed by atoms with Crippen molar-refractivity contribution < 1.29 is 27.7 Å². The second kappa shape index (κ2) is 11.6. The molecule has 12 heteroatoms. The highest BCUT2D eigenvalue weighted by molar-refractivity contribution is 7.92. The molecule has 1 N–H and O–H groups in total. The summed E-state index contributed by atoms with van der Waals surface area (Å²) in [6.07, 6.45) is 1.18. The molecular formula is C23H30N4O7S. The molecule has 0 radical (unpaired) electrons. The molecule has 2 amide bonds. The van der Waals surface area contributed by atoms with Crippen LogP contribution in [0.5, 0.6) is 5.75 Å². The van der Waals surface area contributed by atoms with E-state index in [0.717, 1.165) is 27.8 Å². The maximum atomic E-state index is 13.6. The third-order valence-corrected chi connectivity index (χ3v) is 6.68. The number of non-ortho nitro benzene ring substituents is 1. The maximum absolute atomic E-state index is 13.6. The summed E-state index contributed by atoms with van der Waals surface area (Å²) < 4.78 is 31.4. The van der Waals surface area contributed by atoms with Gasteiger partial charge in [0.25, 0.3) is 5.69 Å². The Morgan fingerprint density at radius 2 is 1.86 bits per heavy atom. The third-order valence-electron chi connectivity index (χ3n) is 5.56. The summed E-state index contributed by atoms with van der Waals surface area (Å²) in [6, 6.07) is 9.97. The van der Waals surface area contributed by atoms with Crippen LogP contribution in [0.4, 0.5) is 11.4 Å². The number of nitro groups is 1. The van der Waals surface area contributed by atoms with E-state index in [4.69, 9.17) is 4.74 Å². The van der Waals surface area contributed by atoms with E-state index >= 15 is 0 Å². The molecule has 0 aliphatic rings. The van der Waals surface area contributed by atoms with Gasteiger partial charge < -0.3 is 15.0 Å². The van der Waals surface area contributed by atoms with Crippen LogP contribution in [0.25, 0.3) is 0 Å². The van der Waals surface area contributed by atoms with Crippen LogP contribution in [-0.2, 0) is 26.2 Å². The monoisotopic (exact) mass is 506 g/mol. The molecular weight excluding hydrogens is 476 g/mol. The first-order valence-electron chi connectivity index (χ1n) is 10.8. The zero-order chi connectivity index (χ0) is 26.3. The number of carbonyl (C=O) groups excluding carboxylic acids is 2. The molecule has 0 saturated heterocycles. The van der Waals surface area contributed by atoms with Crippen molar-refractivity contribution in [1.82, 2.24) is 10.2 Å². The summed E-state index contributed by atoms with van der Waals surface area (Å²) in [7, 11) is -1.33. The SMILES string of the molecule is CC[C@@H](C(=O)NC)N(Cc1ccccc1C)C(=O)CN(c1cc([N+](=O)[O-])ccc1OC)S(C)(=O)=O. The van der Waals surface area contributed by atoms with Crippen LogP contribution in [-0.4, -0.2) is 63.1 Å². The van der Waals surface area contributed by atoms with Crippen LogP contribution in [0.3, 0.4) is 0 Å². The zero-order valence-electron chi connectivity index (χ0n) is 20.3. The number of likely N-dealkylation sites (N-methyl/N-ethyl adjacent to an activating group) is 1. The second-order valence-electron chi connectivity index (χ2n) is 7.87. The lowest BCUT2D eigenvalue weighted by molar-refractivity contribution is -0.384. The van der Waals surface area contributed by atoms with E-state index in [9.17, 15) is 28.1 Å². The van der Waals surface area contributed by atoms with Gasteiger partial charge in [-0.1, -0.05) is 31.2 Å². The fraction of sp³-hybridized carbons (Fsp3) is 0.391. The summed E-state index contributed by atoms with van der Waals surface area (Å²) in [6.45, 7) is 3.00. The molecule has 0 aromatic heterocycles. The normalized spacial score (nSPS) is 11.9. The maximum Gasteiger partial charge on any atom is 0.271 e. The van der Waals surface area contributed by atoms with Crippen molar-refractivity contribution in [3.63, 3.8) is 0 Å². The number of benzene rings is 2. The van der Waals surface area contributed by atoms with Crippen LogP contribution in [0.15, 0.2) is 42.5 Å². The van der Waals surface area contributed by atoms with Crippen LogP contribution < -0.4 is 14.4 Å². The number of carbonyl (C=O) groups is 2. The van der Waals surface area contributed by atoms with Gasteiger partial charge in [0.15, 0.2) is 0 Å². The quantitative estimate of drug-likeness (QED) is 0.364. The molecule has 2 rings (SSSR count). The second-order valence-corrected chi connectivity index (χ2v) is 9.78. The lowest BCUT2D eigenvalue weighted by Crippen LogP contribution is -2.51. The van der Waals surface area contributed by atoms with Crippen molar-refractivity contribution >= 4 is 33.2 Å². The molecule has 0 aliphatic carbocycles. The van der Waals surface area contributed by atoms with Crippen LogP contribution in [0, 0.1) is 17.0 Å². The van der Waals surface area contributed by atoms with Crippen molar-refractivity contribution in [2.24, 2.45) is 0 Å². The number of nitrogens with zero attached hydrogens (tertiary/aromatic N) is 3. The highest BCUT2D eigenvalue weighted by atomic mass is 32.2. The number of hydrogen-bond donors (Lipinski definition) is 1. The summed E-state index contributed by atoms with van der Waals surface area (Å²) in [5.74, 6) is -1.01. The number of sulfonamides is 1. The van der Waals surface area contributed by atoms with Crippen molar-refractivity contribution in [2.45, 2.75) is 32.9 Å². The summed E-state index contributed by atoms with van der Waals surface area (Å²) in [5, 5.41) is 13.8. The Labute approximate surface area is 204 Å². The van der Waals surface area contributed by atoms with E-state index in [-0.39, 0.29) is 30.1 Å². The van der Waals surface area contributed by atoms with Crippen LogP contribution in [0.2, 0.25) is 0 Å². The molecule has 0 fully saturated rings. The highest BCUT2D eigenvalue weighted by Crippen LogP contribution is 2.34. The minimum absolute atomic E-state index is 0.0395. The summed E-state index contributed by atoms with van der Waals surface area (Å²) in [4.78, 5) is 38.2. The van der Waals surface area contributed by atoms with Crippen molar-refractivity contribution in [2.75, 3.05) is 31.3 Å². The number of ether oxygens (including phenoxy) is 1. The van der Waals surface area contributed by atoms with Gasteiger partial charge >= 0.3 is 0 Å². The number of aryl methyl sites for hydroxylation is 1. The number of methoxy groups -OCH3 is 1. The highest BCUT2D eigenvalue weighted by Gasteiger charge is 2.33. The zero-order valence-corrected chi connectivity index (χ0v) is 21.2. The van der Waals surface area contributed by atoms with E-state index in [2.05, 4.69) is 5.32 Å². The molecule has 190 valence electrons. The average molecular weight is 507 g/mol. The van der Waals surface area contributed by atoms with Gasteiger partial charge in [-0.25, -0.2) is 8.42 Å². The van der Waals surface area contributed by atoms with Crippen molar-refractivity contribution in [3.8, 4) is 5.75 Å². The number of rotatable bonds is 11. The molecule has 0 spiro atoms. The van der Waals surface area contributed by atoms with Gasteiger partial charge in [-0.3, -0.25) is 24.0 Å². The van der Waals surface area contributed by atoms with E-state index in [0.29, 0.717) is 0 Å². The van der Waals surface area contributed by atoms with Gasteiger partial charge in [-0.2, -0.15) is 0 Å². The van der Waals surface area contributed by atoms with E-state index < -0.39 is 39.3 Å². The molecule has 1 atom stereocenters. The predicted molar refractivity (Wildman–Crippen MR) is 132 cm³/mol. The fourth-order valence-electron chi connectivity index (χ4n) is 3.64. The first kappa shape index (κ1) is 27.6. The summed E-state index contributed by atoms with van der Waals surface area (Å²) >= 11 is 0. The van der Waals surface area contributed by atoms with E-state index in [1.54, 1.807) is 6.92 Å². The minimum atomic E-state index is -4.08. The van der Waals surface area contributed by atoms with Crippen molar-refractivity contribution in [3.05, 3.63) is 63.7 Å². The standard InChI is InChI=1S/C23H30N4O7S/c1-6-19(23(29)24-3)25(14-17-10-8-7-9-16(17)2)22(28)15-26(35(5,32)33)20-13-18(27(30)31)11-12-21(20)34-4/h7-13,19H,6,14-15H2,1-5H3,(H,24,29)/t19-/m0/s1. The molecule has 11 nitrogen and oxygen atoms in total. The Hall–Kier alpha value is -3.67.